The molecule has 0 fully saturated rings. The molecule has 1 atom stereocenters. The van der Waals surface area contributed by atoms with Crippen LogP contribution >= 0.6 is 0 Å². The van der Waals surface area contributed by atoms with Gasteiger partial charge in [-0.1, -0.05) is 109 Å². The van der Waals surface area contributed by atoms with E-state index in [2.05, 4.69) is 138 Å². The summed E-state index contributed by atoms with van der Waals surface area (Å²) < 4.78 is 2.36. The van der Waals surface area contributed by atoms with Crippen LogP contribution in [-0.2, 0) is 0 Å². The zero-order chi connectivity index (χ0) is 25.2. The summed E-state index contributed by atoms with van der Waals surface area (Å²) in [4.78, 5) is 5.32. The summed E-state index contributed by atoms with van der Waals surface area (Å²) in [5, 5.41) is 5.09. The molecule has 0 radical (unpaired) electrons. The maximum Gasteiger partial charge on any atom is 0.161 e. The van der Waals surface area contributed by atoms with Gasteiger partial charge in [-0.05, 0) is 46.9 Å². The lowest BCUT2D eigenvalue weighted by Crippen LogP contribution is -2.38. The highest BCUT2D eigenvalue weighted by Gasteiger charge is 2.30. The van der Waals surface area contributed by atoms with Gasteiger partial charge in [0.1, 0.15) is 0 Å². The quantitative estimate of drug-likeness (QED) is 0.263. The van der Waals surface area contributed by atoms with E-state index in [1.165, 1.54) is 50.0 Å². The molecule has 1 unspecified atom stereocenters. The highest BCUT2D eigenvalue weighted by atomic mass is 15.2. The lowest BCUT2D eigenvalue weighted by Gasteiger charge is -2.29. The summed E-state index contributed by atoms with van der Waals surface area (Å²) in [6, 6.07) is 34.9. The summed E-state index contributed by atoms with van der Waals surface area (Å²) in [5.74, 6) is 0.930. The van der Waals surface area contributed by atoms with Gasteiger partial charge >= 0.3 is 0 Å². The summed E-state index contributed by atoms with van der Waals surface area (Å²) in [6.45, 7) is 2.24. The first-order valence-corrected chi connectivity index (χ1v) is 13.1. The zero-order valence-electron chi connectivity index (χ0n) is 21.0. The molecule has 0 bridgehead atoms. The van der Waals surface area contributed by atoms with Gasteiger partial charge in [-0.15, -0.1) is 0 Å². The minimum absolute atomic E-state index is 0.0580. The average Bonchev–Trinajstić information content (AvgIpc) is 3.21. The maximum atomic E-state index is 5.32. The second-order valence-corrected chi connectivity index (χ2v) is 10.1. The molecule has 0 saturated carbocycles. The maximum absolute atomic E-state index is 5.32. The van der Waals surface area contributed by atoms with E-state index < -0.39 is 0 Å². The minimum Gasteiger partial charge on any atom is -0.370 e. The van der Waals surface area contributed by atoms with Crippen LogP contribution in [0, 0.1) is 6.92 Å². The van der Waals surface area contributed by atoms with E-state index >= 15 is 0 Å². The molecule has 2 aliphatic carbocycles. The van der Waals surface area contributed by atoms with Gasteiger partial charge in [0.15, 0.2) is 5.82 Å². The van der Waals surface area contributed by atoms with Gasteiger partial charge < -0.3 is 5.32 Å². The molecule has 0 spiro atoms. The Hall–Kier alpha value is -4.89. The van der Waals surface area contributed by atoms with E-state index in [4.69, 9.17) is 4.99 Å². The largest absolute Gasteiger partial charge is 0.370 e. The molecule has 2 heterocycles. The monoisotopic (exact) mass is 487 g/mol. The Bertz CT molecular complexity index is 1900. The number of benzene rings is 4. The number of rotatable bonds is 2. The minimum atomic E-state index is 0.0580. The predicted octanol–water partition coefficient (Wildman–Crippen LogP) is 8.09. The van der Waals surface area contributed by atoms with E-state index in [1.807, 2.05) is 0 Å². The fraction of sp³-hybridized carbons (Fsp3) is 0.0571. The molecule has 5 aromatic rings. The first-order chi connectivity index (χ1) is 18.8. The van der Waals surface area contributed by atoms with Crippen molar-refractivity contribution in [1.82, 2.24) is 9.88 Å². The summed E-state index contributed by atoms with van der Waals surface area (Å²) in [5.41, 5.74) is 13.2. The molecule has 180 valence electrons. The van der Waals surface area contributed by atoms with Gasteiger partial charge in [0.05, 0.1) is 23.0 Å². The smallest absolute Gasteiger partial charge is 0.161 e. The second-order valence-electron chi connectivity index (χ2n) is 10.1. The van der Waals surface area contributed by atoms with Gasteiger partial charge in [-0.3, -0.25) is 4.57 Å². The van der Waals surface area contributed by atoms with Crippen LogP contribution in [-0.4, -0.2) is 16.3 Å². The second kappa shape index (κ2) is 8.06. The zero-order valence-corrected chi connectivity index (χ0v) is 21.0. The van der Waals surface area contributed by atoms with Gasteiger partial charge in [-0.25, -0.2) is 4.99 Å². The number of hydrogen-bond donors (Lipinski definition) is 1. The third-order valence-electron chi connectivity index (χ3n) is 7.97. The predicted molar refractivity (Wildman–Crippen MR) is 159 cm³/mol. The molecule has 1 aromatic heterocycles. The van der Waals surface area contributed by atoms with Crippen LogP contribution in [0.25, 0.3) is 55.8 Å². The first kappa shape index (κ1) is 21.2. The van der Waals surface area contributed by atoms with Crippen LogP contribution in [0.15, 0.2) is 126 Å². The van der Waals surface area contributed by atoms with Crippen LogP contribution < -0.4 is 5.32 Å². The summed E-state index contributed by atoms with van der Waals surface area (Å²) in [7, 11) is 0. The van der Waals surface area contributed by atoms with E-state index in [0.717, 1.165) is 22.8 Å². The van der Waals surface area contributed by atoms with Crippen molar-refractivity contribution in [2.75, 3.05) is 0 Å². The van der Waals surface area contributed by atoms with E-state index in [-0.39, 0.29) is 6.04 Å². The third kappa shape index (κ3) is 2.93. The van der Waals surface area contributed by atoms with Crippen molar-refractivity contribution in [2.24, 2.45) is 4.99 Å². The highest BCUT2D eigenvalue weighted by Crippen LogP contribution is 2.50. The molecule has 1 N–H and O–H groups in total. The Balaban J connectivity index is 1.51. The fourth-order valence-corrected chi connectivity index (χ4v) is 6.32. The van der Waals surface area contributed by atoms with Crippen molar-refractivity contribution in [1.29, 1.82) is 0 Å². The van der Waals surface area contributed by atoms with Crippen molar-refractivity contribution in [3.8, 4) is 33.4 Å². The van der Waals surface area contributed by atoms with Gasteiger partial charge in [0, 0.05) is 22.2 Å². The Morgan fingerprint density at radius 2 is 1.34 bits per heavy atom. The first-order valence-electron chi connectivity index (χ1n) is 13.1. The SMILES string of the molecule is Cc1c2c3c(cccc3n1C1=C(c3ccccc3)NC3C=CC=CC3=N1)-c1ccccc1-c1ccccc1-2. The van der Waals surface area contributed by atoms with Crippen LogP contribution in [0.1, 0.15) is 11.3 Å². The Labute approximate surface area is 221 Å². The number of nitrogens with zero attached hydrogens (tertiary/aromatic N) is 2. The molecule has 3 aliphatic rings. The number of nitrogens with one attached hydrogen (secondary N) is 1. The molecule has 3 nitrogen and oxygen atoms in total. The van der Waals surface area contributed by atoms with E-state index in [9.17, 15) is 0 Å². The van der Waals surface area contributed by atoms with Crippen LogP contribution in [0.2, 0.25) is 0 Å². The lowest BCUT2D eigenvalue weighted by molar-refractivity contribution is 0.864. The number of aromatic nitrogens is 1. The van der Waals surface area contributed by atoms with Crippen molar-refractivity contribution >= 4 is 28.1 Å². The molecule has 3 heteroatoms. The molecular weight excluding hydrogens is 462 g/mol. The van der Waals surface area contributed by atoms with Crippen LogP contribution in [0.5, 0.6) is 0 Å². The van der Waals surface area contributed by atoms with Gasteiger partial charge in [0.25, 0.3) is 0 Å². The number of allylic oxidation sites excluding steroid dienone is 2. The van der Waals surface area contributed by atoms with E-state index in [1.54, 1.807) is 0 Å². The molecule has 0 amide bonds. The highest BCUT2D eigenvalue weighted by molar-refractivity contribution is 6.16. The summed E-state index contributed by atoms with van der Waals surface area (Å²) in [6.07, 6.45) is 8.44. The van der Waals surface area contributed by atoms with Crippen molar-refractivity contribution in [3.63, 3.8) is 0 Å². The Morgan fingerprint density at radius 3 is 2.13 bits per heavy atom. The Kier molecular flexibility index (Phi) is 4.50. The molecule has 38 heavy (non-hydrogen) atoms. The summed E-state index contributed by atoms with van der Waals surface area (Å²) >= 11 is 0. The Morgan fingerprint density at radius 1 is 0.684 bits per heavy atom. The molecule has 0 saturated heterocycles. The standard InChI is InChI=1S/C35H25N3/c1-22-32-27-17-8-7-15-25(27)24-14-5-6-16-26(24)28-18-11-21-31(33(28)32)38(22)35-34(23-12-3-2-4-13-23)36-29-19-9-10-20-30(29)37-35/h2-21,29,36H,1H3. The lowest BCUT2D eigenvalue weighted by atomic mass is 9.94. The van der Waals surface area contributed by atoms with Crippen LogP contribution in [0.4, 0.5) is 0 Å². The molecule has 8 rings (SSSR count). The number of fused-ring (bicyclic) bond motifs is 6. The van der Waals surface area contributed by atoms with Crippen molar-refractivity contribution < 1.29 is 0 Å². The fourth-order valence-electron chi connectivity index (χ4n) is 6.32. The molecule has 4 aromatic carbocycles. The van der Waals surface area contributed by atoms with Crippen molar-refractivity contribution in [3.05, 3.63) is 133 Å². The number of aliphatic imine (C=N–C) groups is 1. The van der Waals surface area contributed by atoms with Gasteiger partial charge in [0.2, 0.25) is 0 Å². The van der Waals surface area contributed by atoms with E-state index in [0.29, 0.717) is 0 Å². The van der Waals surface area contributed by atoms with Gasteiger partial charge in [-0.2, -0.15) is 0 Å². The van der Waals surface area contributed by atoms with Crippen molar-refractivity contribution in [2.45, 2.75) is 13.0 Å². The average molecular weight is 488 g/mol. The molecular formula is C35H25N3. The normalized spacial score (nSPS) is 16.9. The van der Waals surface area contributed by atoms with Crippen LogP contribution in [0.3, 0.4) is 0 Å². The topological polar surface area (TPSA) is 29.3 Å². The third-order valence-corrected chi connectivity index (χ3v) is 7.97. The molecule has 1 aliphatic heterocycles. The number of hydrogen-bond acceptors (Lipinski definition) is 2.